The van der Waals surface area contributed by atoms with Crippen molar-refractivity contribution < 1.29 is 18.9 Å². The van der Waals surface area contributed by atoms with Crippen LogP contribution in [0, 0.1) is 12.8 Å². The van der Waals surface area contributed by atoms with Gasteiger partial charge in [0.15, 0.2) is 5.82 Å². The number of amides is 4. The monoisotopic (exact) mass is 850 g/mol. The number of imide groups is 1. The van der Waals surface area contributed by atoms with E-state index >= 15 is 0 Å². The Kier molecular flexibility index (Phi) is 11.4. The van der Waals surface area contributed by atoms with Gasteiger partial charge in [0.25, 0.3) is 0 Å². The van der Waals surface area contributed by atoms with Crippen LogP contribution in [0.1, 0.15) is 80.6 Å². The van der Waals surface area contributed by atoms with Crippen molar-refractivity contribution in [2.24, 2.45) is 5.92 Å². The number of imidazole rings is 1. The van der Waals surface area contributed by atoms with Crippen molar-refractivity contribution >= 4 is 40.7 Å². The molecule has 0 spiro atoms. The van der Waals surface area contributed by atoms with E-state index in [2.05, 4.69) is 70.8 Å². The molecule has 326 valence electrons. The average molecular weight is 851 g/mol. The Bertz CT molecular complexity index is 2620. The predicted molar refractivity (Wildman–Crippen MR) is 241 cm³/mol. The van der Waals surface area contributed by atoms with Crippen molar-refractivity contribution in [1.29, 1.82) is 0 Å². The van der Waals surface area contributed by atoms with Crippen LogP contribution in [-0.4, -0.2) is 105 Å². The second-order valence-corrected chi connectivity index (χ2v) is 18.0. The molecule has 3 aliphatic rings. The molecule has 3 saturated heterocycles. The van der Waals surface area contributed by atoms with Gasteiger partial charge in [0.2, 0.25) is 5.91 Å². The Morgan fingerprint density at radius 2 is 1.62 bits per heavy atom. The minimum atomic E-state index is -0.413. The number of nitrogens with zero attached hydrogens (tertiary/aromatic N) is 10. The van der Waals surface area contributed by atoms with Gasteiger partial charge in [-0.25, -0.2) is 19.7 Å². The third kappa shape index (κ3) is 8.98. The summed E-state index contributed by atoms with van der Waals surface area (Å²) >= 11 is 0. The molecule has 7 heterocycles. The lowest BCUT2D eigenvalue weighted by Crippen LogP contribution is -2.49. The van der Waals surface area contributed by atoms with Crippen LogP contribution >= 0.6 is 0 Å². The van der Waals surface area contributed by atoms with Gasteiger partial charge >= 0.3 is 17.8 Å². The number of piperazine rings is 1. The lowest BCUT2D eigenvalue weighted by Gasteiger charge is -2.39. The number of anilines is 3. The molecule has 4 amide bonds. The van der Waals surface area contributed by atoms with E-state index in [0.717, 1.165) is 110 Å². The molecule has 63 heavy (non-hydrogen) atoms. The second-order valence-electron chi connectivity index (χ2n) is 18.0. The van der Waals surface area contributed by atoms with Gasteiger partial charge in [-0.2, -0.15) is 4.98 Å². The first-order valence-electron chi connectivity index (χ1n) is 21.9. The number of aryl methyl sites for hydroxylation is 1. The number of piperidine rings is 1. The van der Waals surface area contributed by atoms with Crippen molar-refractivity contribution in [2.45, 2.75) is 65.3 Å². The topological polar surface area (TPSA) is 170 Å². The number of aromatic nitrogens is 6. The number of urea groups is 1. The van der Waals surface area contributed by atoms with E-state index in [1.165, 1.54) is 5.69 Å². The lowest BCUT2D eigenvalue weighted by atomic mass is 9.95. The van der Waals surface area contributed by atoms with Crippen LogP contribution in [0.5, 0.6) is 0 Å². The molecule has 1 atom stereocenters. The number of rotatable bonds is 10. The van der Waals surface area contributed by atoms with Gasteiger partial charge < -0.3 is 19.6 Å². The van der Waals surface area contributed by atoms with E-state index in [1.54, 1.807) is 11.1 Å². The molecule has 0 bridgehead atoms. The first-order valence-corrected chi connectivity index (χ1v) is 21.9. The van der Waals surface area contributed by atoms with Gasteiger partial charge in [-0.05, 0) is 86.2 Å². The first kappa shape index (κ1) is 41.7. The number of hydrogen-bond donors (Lipinski definition) is 2. The Labute approximate surface area is 366 Å². The smallest absolute Gasteiger partial charge is 0.328 e. The van der Waals surface area contributed by atoms with Gasteiger partial charge in [-0.15, -0.1) is 0 Å². The molecular formula is C47H54N12O4. The molecular weight excluding hydrogens is 797 g/mol. The number of nitrogens with one attached hydrogen (secondary N) is 2. The molecule has 2 N–H and O–H groups in total. The van der Waals surface area contributed by atoms with E-state index < -0.39 is 5.91 Å². The van der Waals surface area contributed by atoms with Crippen LogP contribution in [0.2, 0.25) is 0 Å². The molecule has 3 fully saturated rings. The van der Waals surface area contributed by atoms with Crippen molar-refractivity contribution in [1.82, 2.24) is 45.0 Å². The fourth-order valence-electron chi connectivity index (χ4n) is 8.81. The maximum absolute atomic E-state index is 13.0. The Hall–Kier alpha value is -6.68. The zero-order valence-corrected chi connectivity index (χ0v) is 36.5. The molecule has 0 aliphatic carbocycles. The van der Waals surface area contributed by atoms with Crippen LogP contribution in [-0.2, 0) is 10.2 Å². The van der Waals surface area contributed by atoms with Crippen molar-refractivity contribution in [3.05, 3.63) is 102 Å². The second kappa shape index (κ2) is 17.2. The molecule has 0 radical (unpaired) electrons. The molecule has 0 saturated carbocycles. The molecule has 0 unspecified atom stereocenters. The molecule has 2 aromatic carbocycles. The number of pyridine rings is 1. The summed E-state index contributed by atoms with van der Waals surface area (Å²) < 4.78 is 7.25. The zero-order valence-electron chi connectivity index (χ0n) is 36.5. The van der Waals surface area contributed by atoms with Crippen LogP contribution in [0.3, 0.4) is 0 Å². The summed E-state index contributed by atoms with van der Waals surface area (Å²) in [5, 5.41) is 9.38. The number of fused-ring (bicyclic) bond motifs is 1. The number of carbonyl (C=O) groups excluding carboxylic acids is 3. The highest BCUT2D eigenvalue weighted by atomic mass is 16.5. The van der Waals surface area contributed by atoms with Gasteiger partial charge in [-0.1, -0.05) is 38.1 Å². The highest BCUT2D eigenvalue weighted by Crippen LogP contribution is 2.31. The summed E-state index contributed by atoms with van der Waals surface area (Å²) in [7, 11) is 0. The van der Waals surface area contributed by atoms with Crippen LogP contribution in [0.15, 0.2) is 83.8 Å². The number of hydrogen-bond acceptors (Lipinski definition) is 12. The molecule has 4 aromatic heterocycles. The number of benzene rings is 2. The average Bonchev–Trinajstić information content (AvgIpc) is 3.99. The van der Waals surface area contributed by atoms with Gasteiger partial charge in [0.1, 0.15) is 17.3 Å². The minimum Gasteiger partial charge on any atom is -0.372 e. The van der Waals surface area contributed by atoms with Crippen LogP contribution in [0.25, 0.3) is 28.3 Å². The van der Waals surface area contributed by atoms with E-state index in [1.807, 2.05) is 81.7 Å². The largest absolute Gasteiger partial charge is 0.372 e. The maximum atomic E-state index is 13.0. The molecule has 16 nitrogen and oxygen atoms in total. The quantitative estimate of drug-likeness (QED) is 0.155. The first-order chi connectivity index (χ1) is 30.4. The van der Waals surface area contributed by atoms with Crippen LogP contribution in [0.4, 0.5) is 22.0 Å². The normalized spacial score (nSPS) is 17.3. The van der Waals surface area contributed by atoms with Gasteiger partial charge in [-0.3, -0.25) is 29.1 Å². The maximum Gasteiger partial charge on any atom is 0.328 e. The minimum absolute atomic E-state index is 0.0516. The fourth-order valence-corrected chi connectivity index (χ4v) is 8.81. The third-order valence-corrected chi connectivity index (χ3v) is 12.5. The van der Waals surface area contributed by atoms with Crippen LogP contribution < -0.4 is 25.3 Å². The van der Waals surface area contributed by atoms with E-state index in [0.29, 0.717) is 24.7 Å². The SMILES string of the molecule is Cc1cc(-c2nc(-c3ccc(N4CCN(CC5CCN(c6ccc(N7CCC(=O)NC7=O)cc6)CC5)CC4)nc3)cc3nccn23)ccc1[C@@H](C)NC(=O)c1nc(C(C)(C)C)no1. The number of carbonyl (C=O) groups is 3. The highest BCUT2D eigenvalue weighted by molar-refractivity contribution is 6.05. The van der Waals surface area contributed by atoms with Crippen molar-refractivity contribution in [3.8, 4) is 22.6 Å². The summed E-state index contributed by atoms with van der Waals surface area (Å²) in [5.74, 6) is 2.19. The fraction of sp³-hybridized carbons (Fsp3) is 0.404. The van der Waals surface area contributed by atoms with Crippen molar-refractivity contribution in [3.63, 3.8) is 0 Å². The van der Waals surface area contributed by atoms with E-state index in [-0.39, 0.29) is 29.3 Å². The molecule has 16 heteroatoms. The van der Waals surface area contributed by atoms with Gasteiger partial charge in [0.05, 0.1) is 11.7 Å². The third-order valence-electron chi connectivity index (χ3n) is 12.5. The summed E-state index contributed by atoms with van der Waals surface area (Å²) in [4.78, 5) is 64.8. The van der Waals surface area contributed by atoms with E-state index in [4.69, 9.17) is 14.5 Å². The summed E-state index contributed by atoms with van der Waals surface area (Å²) in [6.07, 6.45) is 8.22. The molecule has 6 aromatic rings. The zero-order chi connectivity index (χ0) is 43.8. The molecule has 9 rings (SSSR count). The summed E-state index contributed by atoms with van der Waals surface area (Å²) in [5.41, 5.74) is 7.05. The highest BCUT2D eigenvalue weighted by Gasteiger charge is 2.28. The Morgan fingerprint density at radius 1 is 0.873 bits per heavy atom. The molecule has 3 aliphatic heterocycles. The summed E-state index contributed by atoms with van der Waals surface area (Å²) in [6.45, 7) is 17.3. The summed E-state index contributed by atoms with van der Waals surface area (Å²) in [6, 6.07) is 19.8. The Morgan fingerprint density at radius 3 is 2.30 bits per heavy atom. The standard InChI is InChI=1S/C47H54N12O4/c1-30-26-33(6-12-37(30)31(2)50-43(61)44-53-45(54-63-44)47(3,4)5)42-51-38(27-40-48-17-21-59(40)42)34-7-13-39(49-28-34)57-24-22-55(23-25-57)29-32-14-18-56(19-15-32)35-8-10-36(11-9-35)58-20-16-41(60)52-46(58)62/h6-13,17,21,26-28,31-32H,14-16,18-20,22-25,29H2,1-5H3,(H,50,61)(H,52,60,62)/t31-/m1/s1. The van der Waals surface area contributed by atoms with Crippen molar-refractivity contribution in [2.75, 3.05) is 67.1 Å². The van der Waals surface area contributed by atoms with Gasteiger partial charge in [0, 0.05) is 111 Å². The Balaban J connectivity index is 0.785. The van der Waals surface area contributed by atoms with E-state index in [9.17, 15) is 14.4 Å². The predicted octanol–water partition coefficient (Wildman–Crippen LogP) is 6.42. The lowest BCUT2D eigenvalue weighted by molar-refractivity contribution is -0.120.